The largest absolute Gasteiger partial charge is 0.304 e. The third-order valence-electron chi connectivity index (χ3n) is 4.99. The first-order chi connectivity index (χ1) is 12.4. The summed E-state index contributed by atoms with van der Waals surface area (Å²) in [5.41, 5.74) is 5.40. The summed E-state index contributed by atoms with van der Waals surface area (Å²) >= 11 is 0. The molecule has 0 aromatic heterocycles. The Bertz CT molecular complexity index is 790. The van der Waals surface area contributed by atoms with Gasteiger partial charge in [-0.2, -0.15) is 0 Å². The first-order valence-corrected chi connectivity index (χ1v) is 8.99. The van der Waals surface area contributed by atoms with Gasteiger partial charge in [0.05, 0.1) is 0 Å². The molecule has 1 saturated carbocycles. The second-order valence-electron chi connectivity index (χ2n) is 6.68. The van der Waals surface area contributed by atoms with Gasteiger partial charge in [-0.25, -0.2) is 0 Å². The Morgan fingerprint density at radius 3 is 1.68 bits per heavy atom. The fourth-order valence-electron chi connectivity index (χ4n) is 3.44. The van der Waals surface area contributed by atoms with E-state index in [1.54, 1.807) is 0 Å². The van der Waals surface area contributed by atoms with Crippen LogP contribution in [0.2, 0.25) is 0 Å². The van der Waals surface area contributed by atoms with Crippen molar-refractivity contribution in [1.82, 2.24) is 5.32 Å². The van der Waals surface area contributed by atoms with Gasteiger partial charge >= 0.3 is 0 Å². The molecule has 0 saturated heterocycles. The third-order valence-corrected chi connectivity index (χ3v) is 4.99. The summed E-state index contributed by atoms with van der Waals surface area (Å²) in [5.74, 6) is 0. The van der Waals surface area contributed by atoms with Gasteiger partial charge in [-0.05, 0) is 35.1 Å². The quantitative estimate of drug-likeness (QED) is 0.640. The van der Waals surface area contributed by atoms with E-state index in [1.165, 1.54) is 35.1 Å². The van der Waals surface area contributed by atoms with Crippen molar-refractivity contribution in [2.75, 3.05) is 6.54 Å². The SMILES string of the molecule is C(CNC1(c2ccccc2)CC1)=C(c1ccccc1)c1ccccc1. The molecule has 0 radical (unpaired) electrons. The number of nitrogens with one attached hydrogen (secondary N) is 1. The first kappa shape index (κ1) is 15.9. The minimum Gasteiger partial charge on any atom is -0.304 e. The van der Waals surface area contributed by atoms with Crippen molar-refractivity contribution in [2.24, 2.45) is 0 Å². The molecule has 1 heteroatoms. The Kier molecular flexibility index (Phi) is 4.49. The Morgan fingerprint density at radius 1 is 0.720 bits per heavy atom. The summed E-state index contributed by atoms with van der Waals surface area (Å²) in [6.45, 7) is 0.869. The van der Waals surface area contributed by atoms with Crippen LogP contribution < -0.4 is 5.32 Å². The van der Waals surface area contributed by atoms with Crippen LogP contribution in [0.1, 0.15) is 29.5 Å². The monoisotopic (exact) mass is 325 g/mol. The van der Waals surface area contributed by atoms with Gasteiger partial charge in [0.2, 0.25) is 0 Å². The van der Waals surface area contributed by atoms with Crippen molar-refractivity contribution in [3.63, 3.8) is 0 Å². The molecule has 1 aliphatic carbocycles. The molecule has 1 N–H and O–H groups in total. The maximum absolute atomic E-state index is 3.78. The standard InChI is InChI=1S/C24H23N/c1-4-10-20(11-5-1)23(21-12-6-2-7-13-21)16-19-25-24(17-18-24)22-14-8-3-9-15-22/h1-16,25H,17-19H2. The van der Waals surface area contributed by atoms with Crippen molar-refractivity contribution < 1.29 is 0 Å². The molecule has 3 aromatic carbocycles. The topological polar surface area (TPSA) is 12.0 Å². The molecule has 0 unspecified atom stereocenters. The molecule has 4 rings (SSSR count). The summed E-state index contributed by atoms with van der Waals surface area (Å²) in [5, 5.41) is 3.78. The Balaban J connectivity index is 1.56. The van der Waals surface area contributed by atoms with Gasteiger partial charge in [-0.1, -0.05) is 97.1 Å². The lowest BCUT2D eigenvalue weighted by Gasteiger charge is -2.17. The van der Waals surface area contributed by atoms with Gasteiger partial charge in [0, 0.05) is 12.1 Å². The van der Waals surface area contributed by atoms with Crippen LogP contribution in [0.3, 0.4) is 0 Å². The van der Waals surface area contributed by atoms with E-state index >= 15 is 0 Å². The van der Waals surface area contributed by atoms with Crippen LogP contribution in [-0.2, 0) is 5.54 Å². The van der Waals surface area contributed by atoms with E-state index in [0.717, 1.165) is 6.54 Å². The highest BCUT2D eigenvalue weighted by molar-refractivity contribution is 5.79. The predicted molar refractivity (Wildman–Crippen MR) is 105 cm³/mol. The first-order valence-electron chi connectivity index (χ1n) is 8.99. The minimum absolute atomic E-state index is 0.177. The van der Waals surface area contributed by atoms with Crippen LogP contribution in [-0.4, -0.2) is 6.54 Å². The molecule has 3 aromatic rings. The Labute approximate surface area is 150 Å². The molecule has 1 nitrogen and oxygen atoms in total. The lowest BCUT2D eigenvalue weighted by Crippen LogP contribution is -2.29. The number of hydrogen-bond donors (Lipinski definition) is 1. The van der Waals surface area contributed by atoms with Crippen LogP contribution in [0, 0.1) is 0 Å². The van der Waals surface area contributed by atoms with Crippen molar-refractivity contribution in [2.45, 2.75) is 18.4 Å². The lowest BCUT2D eigenvalue weighted by molar-refractivity contribution is 0.556. The second-order valence-corrected chi connectivity index (χ2v) is 6.68. The third kappa shape index (κ3) is 3.57. The normalized spacial score (nSPS) is 14.7. The van der Waals surface area contributed by atoms with E-state index in [0.29, 0.717) is 0 Å². The number of rotatable bonds is 6. The molecule has 0 heterocycles. The highest BCUT2D eigenvalue weighted by atomic mass is 15.0. The van der Waals surface area contributed by atoms with E-state index < -0.39 is 0 Å². The summed E-state index contributed by atoms with van der Waals surface area (Å²) < 4.78 is 0. The van der Waals surface area contributed by atoms with Crippen molar-refractivity contribution in [1.29, 1.82) is 0 Å². The van der Waals surface area contributed by atoms with Crippen molar-refractivity contribution in [3.05, 3.63) is 114 Å². The van der Waals surface area contributed by atoms with Crippen LogP contribution in [0.5, 0.6) is 0 Å². The van der Waals surface area contributed by atoms with E-state index in [1.807, 2.05) is 0 Å². The number of benzene rings is 3. The summed E-state index contributed by atoms with van der Waals surface area (Å²) in [4.78, 5) is 0. The average molecular weight is 325 g/mol. The molecule has 0 bridgehead atoms. The Morgan fingerprint density at radius 2 is 1.20 bits per heavy atom. The predicted octanol–water partition coefficient (Wildman–Crippen LogP) is 5.40. The Hall–Kier alpha value is -2.64. The zero-order valence-electron chi connectivity index (χ0n) is 14.4. The second kappa shape index (κ2) is 7.08. The van der Waals surface area contributed by atoms with Gasteiger partial charge in [0.25, 0.3) is 0 Å². The minimum atomic E-state index is 0.177. The molecule has 25 heavy (non-hydrogen) atoms. The van der Waals surface area contributed by atoms with E-state index in [9.17, 15) is 0 Å². The highest BCUT2D eigenvalue weighted by Crippen LogP contribution is 2.45. The molecule has 1 fully saturated rings. The molecule has 0 spiro atoms. The van der Waals surface area contributed by atoms with E-state index in [2.05, 4.69) is 102 Å². The molecular weight excluding hydrogens is 302 g/mol. The zero-order valence-corrected chi connectivity index (χ0v) is 14.4. The van der Waals surface area contributed by atoms with Crippen LogP contribution >= 0.6 is 0 Å². The highest BCUT2D eigenvalue weighted by Gasteiger charge is 2.43. The summed E-state index contributed by atoms with van der Waals surface area (Å²) in [7, 11) is 0. The molecule has 0 amide bonds. The summed E-state index contributed by atoms with van der Waals surface area (Å²) in [6, 6.07) is 32.1. The smallest absolute Gasteiger partial charge is 0.0438 e. The molecular formula is C24H23N. The summed E-state index contributed by atoms with van der Waals surface area (Å²) in [6.07, 6.45) is 4.77. The molecule has 1 aliphatic rings. The average Bonchev–Trinajstić information content (AvgIpc) is 3.48. The van der Waals surface area contributed by atoms with Gasteiger partial charge < -0.3 is 5.32 Å². The van der Waals surface area contributed by atoms with Gasteiger partial charge in [-0.15, -0.1) is 0 Å². The van der Waals surface area contributed by atoms with Crippen LogP contribution in [0.25, 0.3) is 5.57 Å². The van der Waals surface area contributed by atoms with Crippen LogP contribution in [0.4, 0.5) is 0 Å². The van der Waals surface area contributed by atoms with Gasteiger partial charge in [0.1, 0.15) is 0 Å². The maximum Gasteiger partial charge on any atom is 0.0438 e. The van der Waals surface area contributed by atoms with E-state index in [4.69, 9.17) is 0 Å². The molecule has 0 atom stereocenters. The lowest BCUT2D eigenvalue weighted by atomic mass is 9.97. The van der Waals surface area contributed by atoms with Gasteiger partial charge in [0.15, 0.2) is 0 Å². The maximum atomic E-state index is 3.78. The van der Waals surface area contributed by atoms with Crippen LogP contribution in [0.15, 0.2) is 97.1 Å². The molecule has 0 aliphatic heterocycles. The fourth-order valence-corrected chi connectivity index (χ4v) is 3.44. The van der Waals surface area contributed by atoms with E-state index in [-0.39, 0.29) is 5.54 Å². The van der Waals surface area contributed by atoms with Crippen molar-refractivity contribution in [3.8, 4) is 0 Å². The number of hydrogen-bond acceptors (Lipinski definition) is 1. The zero-order chi connectivity index (χ0) is 17.0. The fraction of sp³-hybridized carbons (Fsp3) is 0.167. The van der Waals surface area contributed by atoms with Crippen molar-refractivity contribution >= 4 is 5.57 Å². The molecule has 124 valence electrons. The van der Waals surface area contributed by atoms with Gasteiger partial charge in [-0.3, -0.25) is 0 Å².